The molecule has 0 radical (unpaired) electrons. The highest BCUT2D eigenvalue weighted by atomic mass is 16.3. The van der Waals surface area contributed by atoms with Gasteiger partial charge in [-0.25, -0.2) is 0 Å². The van der Waals surface area contributed by atoms with Crippen LogP contribution in [-0.2, 0) is 0 Å². The number of benzene rings is 3. The van der Waals surface area contributed by atoms with Crippen molar-refractivity contribution < 1.29 is 10.2 Å². The Hall–Kier alpha value is -3.14. The average molecular weight is 292 g/mol. The second-order valence-corrected chi connectivity index (χ2v) is 5.13. The molecule has 22 heavy (non-hydrogen) atoms. The minimum atomic E-state index is 0.0152. The van der Waals surface area contributed by atoms with E-state index in [1.807, 2.05) is 24.3 Å². The van der Waals surface area contributed by atoms with E-state index in [0.29, 0.717) is 22.5 Å². The van der Waals surface area contributed by atoms with Crippen LogP contribution in [0.5, 0.6) is 11.5 Å². The Morgan fingerprint density at radius 2 is 0.909 bits per heavy atom. The lowest BCUT2D eigenvalue weighted by atomic mass is 9.97. The summed E-state index contributed by atoms with van der Waals surface area (Å²) < 4.78 is 0. The highest BCUT2D eigenvalue weighted by Gasteiger charge is 2.12. The molecule has 0 aliphatic heterocycles. The fourth-order valence-corrected chi connectivity index (χ4v) is 2.37. The van der Waals surface area contributed by atoms with E-state index < -0.39 is 0 Å². The molecule has 3 rings (SSSR count). The van der Waals surface area contributed by atoms with Crippen LogP contribution in [-0.4, -0.2) is 10.2 Å². The van der Waals surface area contributed by atoms with Crippen LogP contribution >= 0.6 is 0 Å². The van der Waals surface area contributed by atoms with Crippen molar-refractivity contribution in [1.29, 1.82) is 0 Å². The first kappa shape index (κ1) is 13.8. The lowest BCUT2D eigenvalue weighted by Gasteiger charge is -2.11. The van der Waals surface area contributed by atoms with Gasteiger partial charge in [0.15, 0.2) is 0 Å². The van der Waals surface area contributed by atoms with Gasteiger partial charge in [-0.3, -0.25) is 0 Å². The lowest BCUT2D eigenvalue weighted by Crippen LogP contribution is -1.87. The Morgan fingerprint density at radius 3 is 1.27 bits per heavy atom. The summed E-state index contributed by atoms with van der Waals surface area (Å²) in [7, 11) is 0. The number of rotatable bonds is 2. The maximum Gasteiger partial charge on any atom is 0.127 e. The van der Waals surface area contributed by atoms with Crippen molar-refractivity contribution in [2.45, 2.75) is 0 Å². The number of phenolic OH excluding ortho intramolecular Hbond substituents is 2. The quantitative estimate of drug-likeness (QED) is 0.543. The lowest BCUT2D eigenvalue weighted by molar-refractivity contribution is 0.453. The Bertz CT molecular complexity index is 743. The van der Waals surface area contributed by atoms with Crippen LogP contribution in [0.3, 0.4) is 0 Å². The summed E-state index contributed by atoms with van der Waals surface area (Å²) in [6.45, 7) is 0. The monoisotopic (exact) mass is 292 g/mol. The molecule has 0 aromatic heterocycles. The van der Waals surface area contributed by atoms with E-state index in [2.05, 4.69) is 0 Å². The molecule has 4 nitrogen and oxygen atoms in total. The normalized spacial score (nSPS) is 10.5. The molecule has 0 heterocycles. The Kier molecular flexibility index (Phi) is 3.35. The Morgan fingerprint density at radius 1 is 0.545 bits per heavy atom. The third kappa shape index (κ3) is 2.54. The highest BCUT2D eigenvalue weighted by Crippen LogP contribution is 2.39. The molecule has 0 bridgehead atoms. The number of nitrogen functional groups attached to an aromatic ring is 2. The van der Waals surface area contributed by atoms with Gasteiger partial charge in [-0.05, 0) is 41.5 Å². The molecule has 0 saturated carbocycles. The standard InChI is InChI=1S/C18H16N2O2/c19-13-5-1-11(2-6-13)15-9-16(18(22)10-17(15)21)12-3-7-14(20)8-4-12/h1-10,21-22H,19-20H2. The fraction of sp³-hybridized carbons (Fsp3) is 0. The van der Waals surface area contributed by atoms with Crippen LogP contribution in [0.4, 0.5) is 11.4 Å². The zero-order valence-electron chi connectivity index (χ0n) is 11.8. The number of anilines is 2. The molecule has 0 saturated heterocycles. The van der Waals surface area contributed by atoms with Crippen molar-refractivity contribution in [1.82, 2.24) is 0 Å². The molecular weight excluding hydrogens is 276 g/mol. The molecule has 4 heteroatoms. The van der Waals surface area contributed by atoms with Crippen LogP contribution in [0, 0.1) is 0 Å². The van der Waals surface area contributed by atoms with Gasteiger partial charge in [0.05, 0.1) is 0 Å². The fourth-order valence-electron chi connectivity index (χ4n) is 2.37. The van der Waals surface area contributed by atoms with Crippen molar-refractivity contribution in [3.05, 3.63) is 60.7 Å². The summed E-state index contributed by atoms with van der Waals surface area (Å²) in [5.74, 6) is 0.0305. The third-order valence-corrected chi connectivity index (χ3v) is 3.56. The first-order valence-corrected chi connectivity index (χ1v) is 6.82. The molecule has 3 aromatic rings. The van der Waals surface area contributed by atoms with E-state index in [9.17, 15) is 10.2 Å². The molecule has 0 aliphatic carbocycles. The maximum atomic E-state index is 10.1. The van der Waals surface area contributed by atoms with E-state index >= 15 is 0 Å². The topological polar surface area (TPSA) is 92.5 Å². The first-order valence-electron chi connectivity index (χ1n) is 6.82. The third-order valence-electron chi connectivity index (χ3n) is 3.56. The number of hydrogen-bond donors (Lipinski definition) is 4. The molecule has 0 fully saturated rings. The van der Waals surface area contributed by atoms with Gasteiger partial charge in [-0.1, -0.05) is 24.3 Å². The second kappa shape index (κ2) is 5.33. The zero-order valence-corrected chi connectivity index (χ0v) is 11.8. The Balaban J connectivity index is 2.14. The van der Waals surface area contributed by atoms with Crippen molar-refractivity contribution >= 4 is 11.4 Å². The molecule has 0 unspecified atom stereocenters. The molecular formula is C18H16N2O2. The summed E-state index contributed by atoms with van der Waals surface area (Å²) in [6.07, 6.45) is 0. The van der Waals surface area contributed by atoms with Gasteiger partial charge in [-0.2, -0.15) is 0 Å². The summed E-state index contributed by atoms with van der Waals surface area (Å²) in [4.78, 5) is 0. The largest absolute Gasteiger partial charge is 0.507 e. The smallest absolute Gasteiger partial charge is 0.127 e. The molecule has 110 valence electrons. The molecule has 0 aliphatic rings. The van der Waals surface area contributed by atoms with Gasteiger partial charge in [0, 0.05) is 28.6 Å². The minimum absolute atomic E-state index is 0.0152. The molecule has 0 spiro atoms. The van der Waals surface area contributed by atoms with Crippen LogP contribution < -0.4 is 11.5 Å². The van der Waals surface area contributed by atoms with E-state index in [-0.39, 0.29) is 11.5 Å². The van der Waals surface area contributed by atoms with E-state index in [1.165, 1.54) is 6.07 Å². The van der Waals surface area contributed by atoms with Gasteiger partial charge in [0.2, 0.25) is 0 Å². The molecule has 6 N–H and O–H groups in total. The van der Waals surface area contributed by atoms with Gasteiger partial charge in [0.25, 0.3) is 0 Å². The molecule has 3 aromatic carbocycles. The van der Waals surface area contributed by atoms with Crippen LogP contribution in [0.1, 0.15) is 0 Å². The summed E-state index contributed by atoms with van der Waals surface area (Å²) in [5.41, 5.74) is 15.6. The predicted molar refractivity (Wildman–Crippen MR) is 89.5 cm³/mol. The summed E-state index contributed by atoms with van der Waals surface area (Å²) in [5, 5.41) is 20.2. The van der Waals surface area contributed by atoms with E-state index in [0.717, 1.165) is 11.1 Å². The average Bonchev–Trinajstić information content (AvgIpc) is 2.50. The van der Waals surface area contributed by atoms with Crippen LogP contribution in [0.25, 0.3) is 22.3 Å². The SMILES string of the molecule is Nc1ccc(-c2cc(-c3ccc(N)cc3)c(O)cc2O)cc1. The summed E-state index contributed by atoms with van der Waals surface area (Å²) in [6, 6.07) is 17.5. The van der Waals surface area contributed by atoms with Gasteiger partial charge < -0.3 is 21.7 Å². The van der Waals surface area contributed by atoms with Crippen LogP contribution in [0.15, 0.2) is 60.7 Å². The van der Waals surface area contributed by atoms with Crippen molar-refractivity contribution in [3.8, 4) is 33.8 Å². The number of aromatic hydroxyl groups is 2. The maximum absolute atomic E-state index is 10.1. The molecule has 0 atom stereocenters. The van der Waals surface area contributed by atoms with Gasteiger partial charge in [0.1, 0.15) is 11.5 Å². The first-order chi connectivity index (χ1) is 10.5. The molecule has 0 amide bonds. The van der Waals surface area contributed by atoms with E-state index in [4.69, 9.17) is 11.5 Å². The van der Waals surface area contributed by atoms with Gasteiger partial charge in [-0.15, -0.1) is 0 Å². The Labute approximate surface area is 128 Å². The highest BCUT2D eigenvalue weighted by molar-refractivity contribution is 5.82. The van der Waals surface area contributed by atoms with Gasteiger partial charge >= 0.3 is 0 Å². The van der Waals surface area contributed by atoms with E-state index in [1.54, 1.807) is 30.3 Å². The number of hydrogen-bond acceptors (Lipinski definition) is 4. The minimum Gasteiger partial charge on any atom is -0.507 e. The second-order valence-electron chi connectivity index (χ2n) is 5.13. The number of phenols is 2. The van der Waals surface area contributed by atoms with Crippen molar-refractivity contribution in [3.63, 3.8) is 0 Å². The number of nitrogens with two attached hydrogens (primary N) is 2. The summed E-state index contributed by atoms with van der Waals surface area (Å²) >= 11 is 0. The zero-order chi connectivity index (χ0) is 15.7. The van der Waals surface area contributed by atoms with Crippen molar-refractivity contribution in [2.24, 2.45) is 0 Å². The van der Waals surface area contributed by atoms with Crippen molar-refractivity contribution in [2.75, 3.05) is 11.5 Å². The predicted octanol–water partition coefficient (Wildman–Crippen LogP) is 3.60. The van der Waals surface area contributed by atoms with Crippen LogP contribution in [0.2, 0.25) is 0 Å².